The molecule has 11 heteroatoms. The summed E-state index contributed by atoms with van der Waals surface area (Å²) < 4.78 is 62.4. The minimum absolute atomic E-state index is 0.00473. The van der Waals surface area contributed by atoms with Crippen molar-refractivity contribution in [3.05, 3.63) is 69.8 Å². The second-order valence-electron chi connectivity index (χ2n) is 9.77. The Morgan fingerprint density at radius 1 is 1.16 bits per heavy atom. The smallest absolute Gasteiger partial charge is 0.343 e. The number of nitrogens with zero attached hydrogens (tertiary/aromatic N) is 3. The molecule has 2 unspecified atom stereocenters. The average molecular weight is 532 g/mol. The fourth-order valence-corrected chi connectivity index (χ4v) is 5.09. The van der Waals surface area contributed by atoms with Crippen molar-refractivity contribution in [1.29, 1.82) is 0 Å². The number of pyridine rings is 1. The Bertz CT molecular complexity index is 1460. The van der Waals surface area contributed by atoms with E-state index in [0.717, 1.165) is 18.3 Å². The van der Waals surface area contributed by atoms with Gasteiger partial charge in [0.2, 0.25) is 5.43 Å². The van der Waals surface area contributed by atoms with Crippen LogP contribution in [0, 0.1) is 17.5 Å². The van der Waals surface area contributed by atoms with Gasteiger partial charge >= 0.3 is 5.97 Å². The highest BCUT2D eigenvalue weighted by molar-refractivity contribution is 5.95. The van der Waals surface area contributed by atoms with E-state index in [1.165, 1.54) is 16.7 Å². The normalized spacial score (nSPS) is 21.2. The van der Waals surface area contributed by atoms with E-state index in [0.29, 0.717) is 32.2 Å². The molecular formula is C27H28F3N3O5. The van der Waals surface area contributed by atoms with Crippen LogP contribution in [0.25, 0.3) is 16.6 Å². The summed E-state index contributed by atoms with van der Waals surface area (Å²) in [5.74, 6) is -4.21. The Hall–Kier alpha value is -3.41. The van der Waals surface area contributed by atoms with Crippen molar-refractivity contribution in [2.45, 2.75) is 25.2 Å². The maximum atomic E-state index is 15.5. The highest BCUT2D eigenvalue weighted by Gasteiger charge is 2.47. The zero-order valence-electron chi connectivity index (χ0n) is 21.3. The number of esters is 1. The standard InChI is InChI=1S/C27H28F3N3O5/c1-4-36-26(35)19-13-33(22-6-5-16(28)9-20(22)29)23-11-24(21(30)10-18(23)25(19)34)32-8-7-27(15-32)37-14-17(38-27)12-31(2)3/h5-6,9-11,13,17H,4,7-8,12,14-15H2,1-3H3. The van der Waals surface area contributed by atoms with Crippen LogP contribution in [0.2, 0.25) is 0 Å². The first-order valence-corrected chi connectivity index (χ1v) is 12.3. The molecule has 202 valence electrons. The molecule has 1 spiro atoms. The quantitative estimate of drug-likeness (QED) is 0.451. The molecule has 0 saturated carbocycles. The lowest BCUT2D eigenvalue weighted by Gasteiger charge is -2.25. The van der Waals surface area contributed by atoms with Crippen molar-refractivity contribution in [3.8, 4) is 5.69 Å². The predicted molar refractivity (Wildman–Crippen MR) is 134 cm³/mol. The largest absolute Gasteiger partial charge is 0.462 e. The third kappa shape index (κ3) is 4.77. The number of carbonyl (C=O) groups is 1. The van der Waals surface area contributed by atoms with Gasteiger partial charge in [0.25, 0.3) is 0 Å². The van der Waals surface area contributed by atoms with Crippen molar-refractivity contribution in [3.63, 3.8) is 0 Å². The van der Waals surface area contributed by atoms with Crippen LogP contribution in [0.3, 0.4) is 0 Å². The van der Waals surface area contributed by atoms with Gasteiger partial charge in [-0.2, -0.15) is 0 Å². The van der Waals surface area contributed by atoms with Crippen LogP contribution < -0.4 is 10.3 Å². The second kappa shape index (κ2) is 10.0. The molecule has 8 nitrogen and oxygen atoms in total. The topological polar surface area (TPSA) is 73.2 Å². The molecule has 1 aromatic heterocycles. The minimum Gasteiger partial charge on any atom is -0.462 e. The van der Waals surface area contributed by atoms with Crippen molar-refractivity contribution in [2.24, 2.45) is 0 Å². The van der Waals surface area contributed by atoms with Crippen LogP contribution in [0.15, 0.2) is 41.3 Å². The number of anilines is 1. The molecule has 5 rings (SSSR count). The summed E-state index contributed by atoms with van der Waals surface area (Å²) in [7, 11) is 3.88. The lowest BCUT2D eigenvalue weighted by Crippen LogP contribution is -2.36. The van der Waals surface area contributed by atoms with Gasteiger partial charge in [-0.05, 0) is 45.3 Å². The molecule has 2 aliphatic rings. The summed E-state index contributed by atoms with van der Waals surface area (Å²) in [6, 6.07) is 5.39. The lowest BCUT2D eigenvalue weighted by molar-refractivity contribution is -0.151. The first-order valence-electron chi connectivity index (χ1n) is 12.3. The van der Waals surface area contributed by atoms with Gasteiger partial charge < -0.3 is 28.6 Å². The van der Waals surface area contributed by atoms with Gasteiger partial charge in [-0.15, -0.1) is 0 Å². The highest BCUT2D eigenvalue weighted by atomic mass is 19.1. The number of likely N-dealkylation sites (N-methyl/N-ethyl adjacent to an activating group) is 1. The Morgan fingerprint density at radius 2 is 1.92 bits per heavy atom. The van der Waals surface area contributed by atoms with Gasteiger partial charge in [-0.3, -0.25) is 4.79 Å². The maximum absolute atomic E-state index is 15.5. The summed E-state index contributed by atoms with van der Waals surface area (Å²) in [5, 5.41) is -0.145. The van der Waals surface area contributed by atoms with E-state index in [-0.39, 0.29) is 41.5 Å². The first-order chi connectivity index (χ1) is 18.1. The van der Waals surface area contributed by atoms with E-state index in [1.54, 1.807) is 11.8 Å². The fourth-order valence-electron chi connectivity index (χ4n) is 5.09. The Morgan fingerprint density at radius 3 is 2.63 bits per heavy atom. The summed E-state index contributed by atoms with van der Waals surface area (Å²) in [5.41, 5.74) is -0.960. The van der Waals surface area contributed by atoms with Crippen molar-refractivity contribution in [1.82, 2.24) is 9.47 Å². The van der Waals surface area contributed by atoms with Gasteiger partial charge in [0.05, 0.1) is 42.8 Å². The molecule has 2 fully saturated rings. The molecule has 2 aliphatic heterocycles. The molecule has 2 aromatic carbocycles. The first kappa shape index (κ1) is 26.2. The summed E-state index contributed by atoms with van der Waals surface area (Å²) >= 11 is 0. The minimum atomic E-state index is -0.926. The van der Waals surface area contributed by atoms with E-state index in [2.05, 4.69) is 0 Å². The monoisotopic (exact) mass is 531 g/mol. The van der Waals surface area contributed by atoms with Crippen LogP contribution >= 0.6 is 0 Å². The van der Waals surface area contributed by atoms with E-state index in [1.807, 2.05) is 19.0 Å². The number of carbonyl (C=O) groups excluding carboxylic acids is 1. The summed E-state index contributed by atoms with van der Waals surface area (Å²) in [4.78, 5) is 29.4. The number of benzene rings is 2. The Kier molecular flexibility index (Phi) is 6.93. The molecule has 0 N–H and O–H groups in total. The lowest BCUT2D eigenvalue weighted by atomic mass is 10.1. The molecule has 3 aromatic rings. The predicted octanol–water partition coefficient (Wildman–Crippen LogP) is 3.47. The molecule has 0 amide bonds. The third-order valence-electron chi connectivity index (χ3n) is 6.75. The summed E-state index contributed by atoms with van der Waals surface area (Å²) in [6.45, 7) is 3.37. The van der Waals surface area contributed by atoms with Gasteiger partial charge in [-0.1, -0.05) is 0 Å². The number of rotatable bonds is 6. The number of aromatic nitrogens is 1. The van der Waals surface area contributed by atoms with Crippen LogP contribution in [0.4, 0.5) is 18.9 Å². The SMILES string of the molecule is CCOC(=O)c1cn(-c2ccc(F)cc2F)c2cc(N3CCC4(C3)OCC(CN(C)C)O4)c(F)cc2c1=O. The van der Waals surface area contributed by atoms with Gasteiger partial charge in [0.15, 0.2) is 5.79 Å². The molecule has 0 aliphatic carbocycles. The third-order valence-corrected chi connectivity index (χ3v) is 6.75. The average Bonchev–Trinajstić information content (AvgIpc) is 3.45. The molecule has 2 saturated heterocycles. The highest BCUT2D eigenvalue weighted by Crippen LogP contribution is 2.38. The van der Waals surface area contributed by atoms with Crippen molar-refractivity contribution in [2.75, 3.05) is 51.8 Å². The van der Waals surface area contributed by atoms with E-state index in [9.17, 15) is 18.4 Å². The molecular weight excluding hydrogens is 503 g/mol. The van der Waals surface area contributed by atoms with E-state index < -0.39 is 40.2 Å². The van der Waals surface area contributed by atoms with Gasteiger partial charge in [0.1, 0.15) is 23.0 Å². The van der Waals surface area contributed by atoms with Crippen LogP contribution in [-0.2, 0) is 14.2 Å². The number of ether oxygens (including phenoxy) is 3. The maximum Gasteiger partial charge on any atom is 0.343 e. The van der Waals surface area contributed by atoms with Gasteiger partial charge in [0, 0.05) is 37.2 Å². The number of hydrogen-bond donors (Lipinski definition) is 0. The number of fused-ring (bicyclic) bond motifs is 1. The molecule has 38 heavy (non-hydrogen) atoms. The van der Waals surface area contributed by atoms with Crippen LogP contribution in [0.1, 0.15) is 23.7 Å². The zero-order valence-corrected chi connectivity index (χ0v) is 21.3. The molecule has 3 heterocycles. The fraction of sp³-hybridized carbons (Fsp3) is 0.407. The van der Waals surface area contributed by atoms with Gasteiger partial charge in [-0.25, -0.2) is 18.0 Å². The van der Waals surface area contributed by atoms with E-state index in [4.69, 9.17) is 14.2 Å². The van der Waals surface area contributed by atoms with Crippen molar-refractivity contribution < 1.29 is 32.2 Å². The zero-order chi connectivity index (χ0) is 27.2. The molecule has 0 bridgehead atoms. The van der Waals surface area contributed by atoms with Crippen LogP contribution in [-0.4, -0.2) is 74.3 Å². The summed E-state index contributed by atoms with van der Waals surface area (Å²) in [6.07, 6.45) is 1.54. The number of halogens is 3. The van der Waals surface area contributed by atoms with E-state index >= 15 is 4.39 Å². The van der Waals surface area contributed by atoms with Crippen molar-refractivity contribution >= 4 is 22.6 Å². The number of hydrogen-bond acceptors (Lipinski definition) is 7. The Balaban J connectivity index is 1.60. The van der Waals surface area contributed by atoms with Crippen LogP contribution in [0.5, 0.6) is 0 Å². The molecule has 0 radical (unpaired) electrons. The Labute approximate surface area is 217 Å². The second-order valence-corrected chi connectivity index (χ2v) is 9.77. The molecule has 2 atom stereocenters.